The number of hydrogen-bond acceptors (Lipinski definition) is 5. The van der Waals surface area contributed by atoms with Crippen LogP contribution >= 0.6 is 11.3 Å². The Morgan fingerprint density at radius 2 is 2.10 bits per heavy atom. The summed E-state index contributed by atoms with van der Waals surface area (Å²) in [5.74, 6) is -1.01. The lowest BCUT2D eigenvalue weighted by molar-refractivity contribution is 0.0701. The number of urea groups is 1. The van der Waals surface area contributed by atoms with Gasteiger partial charge < -0.3 is 15.7 Å². The van der Waals surface area contributed by atoms with Gasteiger partial charge in [-0.25, -0.2) is 14.6 Å². The van der Waals surface area contributed by atoms with Gasteiger partial charge in [0.05, 0.1) is 24.1 Å². The first-order valence-corrected chi connectivity index (χ1v) is 6.93. The van der Waals surface area contributed by atoms with Crippen LogP contribution < -0.4 is 10.6 Å². The molecule has 110 valence electrons. The maximum absolute atomic E-state index is 11.7. The van der Waals surface area contributed by atoms with Gasteiger partial charge >= 0.3 is 12.0 Å². The predicted octanol–water partition coefficient (Wildman–Crippen LogP) is 2.17. The maximum atomic E-state index is 11.7. The average molecular weight is 306 g/mol. The van der Waals surface area contributed by atoms with Crippen molar-refractivity contribution in [1.82, 2.24) is 15.3 Å². The fourth-order valence-electron chi connectivity index (χ4n) is 1.68. The summed E-state index contributed by atoms with van der Waals surface area (Å²) in [6.45, 7) is 3.67. The Morgan fingerprint density at radius 1 is 1.33 bits per heavy atom. The summed E-state index contributed by atoms with van der Waals surface area (Å²) in [5, 5.41) is 14.8. The molecular formula is C13H14N4O3S. The maximum Gasteiger partial charge on any atom is 0.347 e. The minimum absolute atomic E-state index is 0.171. The molecule has 3 N–H and O–H groups in total. The number of anilines is 1. The number of thiazole rings is 1. The summed E-state index contributed by atoms with van der Waals surface area (Å²) in [7, 11) is 0. The van der Waals surface area contributed by atoms with Crippen molar-refractivity contribution in [2.75, 3.05) is 5.32 Å². The summed E-state index contributed by atoms with van der Waals surface area (Å²) < 4.78 is 0. The van der Waals surface area contributed by atoms with Gasteiger partial charge in [0.15, 0.2) is 0 Å². The second-order valence-corrected chi connectivity index (χ2v) is 5.47. The van der Waals surface area contributed by atoms with Crippen molar-refractivity contribution in [1.29, 1.82) is 0 Å². The van der Waals surface area contributed by atoms with Crippen LogP contribution in [0.25, 0.3) is 0 Å². The number of amides is 2. The van der Waals surface area contributed by atoms with Crippen LogP contribution in [0.3, 0.4) is 0 Å². The normalized spacial score (nSPS) is 10.2. The molecule has 0 saturated heterocycles. The summed E-state index contributed by atoms with van der Waals surface area (Å²) in [5.41, 5.74) is 1.98. The van der Waals surface area contributed by atoms with Crippen molar-refractivity contribution in [3.05, 3.63) is 39.6 Å². The molecule has 0 aliphatic carbocycles. The van der Waals surface area contributed by atoms with Crippen LogP contribution in [0.1, 0.15) is 25.9 Å². The number of aromatic nitrogens is 2. The van der Waals surface area contributed by atoms with Gasteiger partial charge in [0.25, 0.3) is 0 Å². The minimum atomic E-state index is -1.01. The number of rotatable bonds is 4. The standard InChI is InChI=1S/C13H14N4O3S/c1-7-3-9(5-14-4-7)17-13(20)15-6-10-16-8(2)11(21-10)12(18)19/h3-5H,6H2,1-2H3,(H,18,19)(H2,15,17,20). The zero-order valence-corrected chi connectivity index (χ0v) is 12.3. The van der Waals surface area contributed by atoms with Crippen LogP contribution in [0.2, 0.25) is 0 Å². The molecule has 2 aromatic heterocycles. The third-order valence-electron chi connectivity index (χ3n) is 2.57. The molecule has 0 spiro atoms. The Morgan fingerprint density at radius 3 is 2.71 bits per heavy atom. The van der Waals surface area contributed by atoms with Crippen LogP contribution in [0.15, 0.2) is 18.5 Å². The van der Waals surface area contributed by atoms with E-state index in [9.17, 15) is 9.59 Å². The number of nitrogens with one attached hydrogen (secondary N) is 2. The van der Waals surface area contributed by atoms with E-state index in [4.69, 9.17) is 5.11 Å². The third kappa shape index (κ3) is 3.99. The van der Waals surface area contributed by atoms with Crippen molar-refractivity contribution >= 4 is 29.0 Å². The average Bonchev–Trinajstić information content (AvgIpc) is 2.78. The van der Waals surface area contributed by atoms with E-state index in [0.29, 0.717) is 16.4 Å². The number of carboxylic acids is 1. The number of carbonyl (C=O) groups excluding carboxylic acids is 1. The first-order chi connectivity index (χ1) is 9.95. The van der Waals surface area contributed by atoms with Crippen LogP contribution in [0, 0.1) is 13.8 Å². The van der Waals surface area contributed by atoms with Crippen LogP contribution in [-0.2, 0) is 6.54 Å². The van der Waals surface area contributed by atoms with Gasteiger partial charge in [0, 0.05) is 6.20 Å². The molecule has 0 unspecified atom stereocenters. The van der Waals surface area contributed by atoms with Gasteiger partial charge in [-0.3, -0.25) is 4.98 Å². The predicted molar refractivity (Wildman–Crippen MR) is 78.6 cm³/mol. The molecule has 0 radical (unpaired) electrons. The van der Waals surface area contributed by atoms with E-state index in [1.807, 2.05) is 6.92 Å². The number of carboxylic acid groups (broad SMARTS) is 1. The molecule has 2 rings (SSSR count). The Kier molecular flexibility index (Phi) is 4.49. The monoisotopic (exact) mass is 306 g/mol. The molecule has 0 aliphatic rings. The summed E-state index contributed by atoms with van der Waals surface area (Å²) in [4.78, 5) is 30.9. The number of carbonyl (C=O) groups is 2. The molecular weight excluding hydrogens is 292 g/mol. The first kappa shape index (κ1) is 14.9. The highest BCUT2D eigenvalue weighted by molar-refractivity contribution is 7.13. The highest BCUT2D eigenvalue weighted by Crippen LogP contribution is 2.17. The van der Waals surface area contributed by atoms with Crippen molar-refractivity contribution in [2.45, 2.75) is 20.4 Å². The van der Waals surface area contributed by atoms with Crippen molar-refractivity contribution in [2.24, 2.45) is 0 Å². The quantitative estimate of drug-likeness (QED) is 0.803. The highest BCUT2D eigenvalue weighted by Gasteiger charge is 2.14. The molecule has 0 aliphatic heterocycles. The number of aryl methyl sites for hydroxylation is 2. The van der Waals surface area contributed by atoms with E-state index in [2.05, 4.69) is 20.6 Å². The number of hydrogen-bond donors (Lipinski definition) is 3. The largest absolute Gasteiger partial charge is 0.477 e. The molecule has 2 amide bonds. The molecule has 0 bridgehead atoms. The van der Waals surface area contributed by atoms with E-state index in [0.717, 1.165) is 16.9 Å². The van der Waals surface area contributed by atoms with Crippen LogP contribution in [0.5, 0.6) is 0 Å². The van der Waals surface area contributed by atoms with E-state index < -0.39 is 12.0 Å². The Bertz CT molecular complexity index is 684. The van der Waals surface area contributed by atoms with Crippen molar-refractivity contribution in [3.8, 4) is 0 Å². The SMILES string of the molecule is Cc1cncc(NC(=O)NCc2nc(C)c(C(=O)O)s2)c1. The second kappa shape index (κ2) is 6.31. The number of aromatic carboxylic acids is 1. The molecule has 0 aromatic carbocycles. The lowest BCUT2D eigenvalue weighted by Crippen LogP contribution is -2.28. The number of nitrogens with zero attached hydrogens (tertiary/aromatic N) is 2. The first-order valence-electron chi connectivity index (χ1n) is 6.12. The molecule has 2 heterocycles. The fourth-order valence-corrected chi connectivity index (χ4v) is 2.52. The van der Waals surface area contributed by atoms with Gasteiger partial charge in [0.1, 0.15) is 9.88 Å². The Balaban J connectivity index is 1.92. The zero-order valence-electron chi connectivity index (χ0n) is 11.5. The van der Waals surface area contributed by atoms with Gasteiger partial charge in [-0.15, -0.1) is 11.3 Å². The summed E-state index contributed by atoms with van der Waals surface area (Å²) in [6.07, 6.45) is 3.23. The lowest BCUT2D eigenvalue weighted by atomic mass is 10.3. The molecule has 0 saturated carbocycles. The molecule has 0 fully saturated rings. The van der Waals surface area contributed by atoms with Crippen molar-refractivity contribution < 1.29 is 14.7 Å². The lowest BCUT2D eigenvalue weighted by Gasteiger charge is -2.06. The highest BCUT2D eigenvalue weighted by atomic mass is 32.1. The van der Waals surface area contributed by atoms with Crippen molar-refractivity contribution in [3.63, 3.8) is 0 Å². The Hall–Kier alpha value is -2.48. The second-order valence-electron chi connectivity index (χ2n) is 4.39. The number of pyridine rings is 1. The molecule has 8 heteroatoms. The smallest absolute Gasteiger partial charge is 0.347 e. The molecule has 2 aromatic rings. The minimum Gasteiger partial charge on any atom is -0.477 e. The van der Waals surface area contributed by atoms with Gasteiger partial charge in [0.2, 0.25) is 0 Å². The van der Waals surface area contributed by atoms with Crippen LogP contribution in [0.4, 0.5) is 10.5 Å². The van der Waals surface area contributed by atoms with Gasteiger partial charge in [-0.1, -0.05) is 0 Å². The van der Waals surface area contributed by atoms with E-state index in [-0.39, 0.29) is 11.4 Å². The summed E-state index contributed by atoms with van der Waals surface area (Å²) in [6, 6.07) is 1.40. The topological polar surface area (TPSA) is 104 Å². The van der Waals surface area contributed by atoms with Gasteiger partial charge in [-0.05, 0) is 25.5 Å². The van der Waals surface area contributed by atoms with Crippen LogP contribution in [-0.4, -0.2) is 27.1 Å². The van der Waals surface area contributed by atoms with E-state index in [1.54, 1.807) is 25.4 Å². The van der Waals surface area contributed by atoms with Gasteiger partial charge in [-0.2, -0.15) is 0 Å². The Labute approximate surface area is 125 Å². The molecule has 7 nitrogen and oxygen atoms in total. The zero-order chi connectivity index (χ0) is 15.4. The van der Waals surface area contributed by atoms with E-state index in [1.165, 1.54) is 0 Å². The molecule has 0 atom stereocenters. The third-order valence-corrected chi connectivity index (χ3v) is 3.71. The molecule has 21 heavy (non-hydrogen) atoms. The van der Waals surface area contributed by atoms with E-state index >= 15 is 0 Å². The fraction of sp³-hybridized carbons (Fsp3) is 0.231. The summed E-state index contributed by atoms with van der Waals surface area (Å²) >= 11 is 1.05.